The van der Waals surface area contributed by atoms with E-state index in [1.165, 1.54) is 139 Å². The van der Waals surface area contributed by atoms with Crippen molar-refractivity contribution in [2.45, 2.75) is 192 Å². The number of carbonyl (C=O) groups is 3. The van der Waals surface area contributed by atoms with E-state index in [4.69, 9.17) is 0 Å². The van der Waals surface area contributed by atoms with Crippen LogP contribution in [0.15, 0.2) is 48.0 Å². The second-order valence-electron chi connectivity index (χ2n) is 17.3. The van der Waals surface area contributed by atoms with Gasteiger partial charge in [-0.25, -0.2) is 4.79 Å². The van der Waals surface area contributed by atoms with Crippen molar-refractivity contribution >= 4 is 67.7 Å². The highest BCUT2D eigenvalue weighted by Crippen LogP contribution is 2.43. The van der Waals surface area contributed by atoms with Gasteiger partial charge in [0.2, 0.25) is 0 Å². The van der Waals surface area contributed by atoms with E-state index in [2.05, 4.69) is 47.9 Å². The molecule has 0 N–H and O–H groups in total. The topological polar surface area (TPSA) is 62.6 Å². The predicted octanol–water partition coefficient (Wildman–Crippen LogP) is 14.7. The molecular weight excluding hydrogens is 743 g/mol. The second-order valence-corrected chi connectivity index (χ2v) is 19.4. The van der Waals surface area contributed by atoms with Crippen LogP contribution in [-0.2, 0) is 16.1 Å². The number of hydrogen-bond acceptors (Lipinski definition) is 5. The van der Waals surface area contributed by atoms with Crippen molar-refractivity contribution in [1.29, 1.82) is 0 Å². The summed E-state index contributed by atoms with van der Waals surface area (Å²) in [5, 5.41) is 1.31. The number of thiophene rings is 2. The van der Waals surface area contributed by atoms with Gasteiger partial charge in [-0.15, -0.1) is 22.7 Å². The number of unbranched alkanes of at least 4 members (excludes halogenated alkanes) is 15. The summed E-state index contributed by atoms with van der Waals surface area (Å²) >= 11 is 3.46. The Morgan fingerprint density at radius 1 is 0.579 bits per heavy atom. The van der Waals surface area contributed by atoms with Crippen LogP contribution in [0, 0.1) is 0 Å². The molecule has 2 aliphatic carbocycles. The third-order valence-electron chi connectivity index (χ3n) is 13.0. The third kappa shape index (κ3) is 10.3. The minimum Gasteiger partial charge on any atom is -0.340 e. The zero-order valence-corrected chi connectivity index (χ0v) is 36.4. The monoisotopic (exact) mass is 809 g/mol. The second kappa shape index (κ2) is 21.2. The van der Waals surface area contributed by atoms with Crippen molar-refractivity contribution < 1.29 is 14.4 Å². The number of aryl methyl sites for hydroxylation is 1. The zero-order valence-electron chi connectivity index (χ0n) is 34.7. The molecule has 3 fully saturated rings. The van der Waals surface area contributed by atoms with E-state index in [0.29, 0.717) is 0 Å². The molecule has 1 saturated heterocycles. The van der Waals surface area contributed by atoms with Crippen molar-refractivity contribution in [3.8, 4) is 9.75 Å². The summed E-state index contributed by atoms with van der Waals surface area (Å²) in [6.07, 6.45) is 33.4. The van der Waals surface area contributed by atoms with Gasteiger partial charge in [-0.05, 0) is 62.4 Å². The molecule has 2 saturated carbocycles. The minimum absolute atomic E-state index is 0.126. The van der Waals surface area contributed by atoms with Crippen molar-refractivity contribution in [2.24, 2.45) is 0 Å². The maximum Gasteiger partial charge on any atom is 0.334 e. The van der Waals surface area contributed by atoms with E-state index in [1.807, 2.05) is 17.4 Å². The van der Waals surface area contributed by atoms with E-state index < -0.39 is 11.8 Å². The number of fused-ring (bicyclic) bond motifs is 3. The first-order valence-electron chi connectivity index (χ1n) is 23.1. The van der Waals surface area contributed by atoms with E-state index in [1.54, 1.807) is 17.4 Å². The first-order chi connectivity index (χ1) is 28.0. The number of amides is 4. The molecule has 0 radical (unpaired) electrons. The molecule has 4 aromatic rings. The standard InChI is InChI=1S/C49H67N3O3S2/c1-2-3-4-5-6-7-8-9-10-11-12-13-14-15-16-25-34-50-42-31-24-23-30-40(42)46-43(50)36-45(57-46)44-33-32-39(56-44)35-41-47(53)51(37-26-19-17-20-27-37)49(55)52(48(41)54)38-28-21-18-22-29-38/h23-24,30-33,35-38H,2-22,25-29,34H2,1H3. The normalized spacial score (nSPS) is 17.6. The van der Waals surface area contributed by atoms with Crippen LogP contribution in [0.3, 0.4) is 0 Å². The van der Waals surface area contributed by atoms with Crippen molar-refractivity contribution in [2.75, 3.05) is 0 Å². The molecule has 1 aromatic carbocycles. The Morgan fingerprint density at radius 2 is 1.11 bits per heavy atom. The number of barbiturate groups is 1. The van der Waals surface area contributed by atoms with Gasteiger partial charge in [-0.3, -0.25) is 19.4 Å². The summed E-state index contributed by atoms with van der Waals surface area (Å²) in [5.41, 5.74) is 2.76. The molecule has 57 heavy (non-hydrogen) atoms. The number of nitrogens with zero attached hydrogens (tertiary/aromatic N) is 3. The fourth-order valence-corrected chi connectivity index (χ4v) is 12.0. The smallest absolute Gasteiger partial charge is 0.334 e. The SMILES string of the molecule is CCCCCCCCCCCCCCCCCCn1c2ccccc2c2sc(-c3ccc(C=C4C(=O)N(C5CCCCC5)C(=O)N(C5CCCCC5)C4=O)s3)cc21. The average Bonchev–Trinajstić information content (AvgIpc) is 3.96. The molecule has 3 aliphatic rings. The number of benzene rings is 1. The molecule has 0 bridgehead atoms. The number of carbonyl (C=O) groups excluding carboxylic acids is 3. The van der Waals surface area contributed by atoms with Crippen LogP contribution in [0.1, 0.15) is 179 Å². The summed E-state index contributed by atoms with van der Waals surface area (Å²) in [7, 11) is 0. The number of aromatic nitrogens is 1. The lowest BCUT2D eigenvalue weighted by Gasteiger charge is -2.43. The molecular formula is C49H67N3O3S2. The Bertz CT molecular complexity index is 1910. The van der Waals surface area contributed by atoms with Gasteiger partial charge in [0.1, 0.15) is 5.57 Å². The van der Waals surface area contributed by atoms with E-state index >= 15 is 0 Å². The van der Waals surface area contributed by atoms with Gasteiger partial charge in [0, 0.05) is 44.2 Å². The molecule has 6 nitrogen and oxygen atoms in total. The van der Waals surface area contributed by atoms with Gasteiger partial charge < -0.3 is 4.57 Å². The molecule has 8 heteroatoms. The lowest BCUT2D eigenvalue weighted by molar-refractivity contribution is -0.139. The Balaban J connectivity index is 0.969. The summed E-state index contributed by atoms with van der Waals surface area (Å²) in [4.78, 5) is 48.2. The predicted molar refractivity (Wildman–Crippen MR) is 241 cm³/mol. The van der Waals surface area contributed by atoms with Gasteiger partial charge in [0.05, 0.1) is 10.2 Å². The molecule has 4 amide bonds. The minimum atomic E-state index is -0.407. The quantitative estimate of drug-likeness (QED) is 0.0478. The third-order valence-corrected chi connectivity index (χ3v) is 15.4. The molecule has 0 spiro atoms. The van der Waals surface area contributed by atoms with Gasteiger partial charge in [-0.2, -0.15) is 0 Å². The molecule has 0 atom stereocenters. The van der Waals surface area contributed by atoms with E-state index in [-0.39, 0.29) is 23.7 Å². The van der Waals surface area contributed by atoms with Gasteiger partial charge in [-0.1, -0.05) is 160 Å². The van der Waals surface area contributed by atoms with Crippen molar-refractivity contribution in [3.05, 3.63) is 52.9 Å². The van der Waals surface area contributed by atoms with Crippen LogP contribution in [-0.4, -0.2) is 44.3 Å². The number of para-hydroxylation sites is 1. The van der Waals surface area contributed by atoms with Crippen LogP contribution in [0.5, 0.6) is 0 Å². The Morgan fingerprint density at radius 3 is 1.67 bits per heavy atom. The zero-order chi connectivity index (χ0) is 39.4. The maximum atomic E-state index is 14.0. The maximum absolute atomic E-state index is 14.0. The summed E-state index contributed by atoms with van der Waals surface area (Å²) in [6.45, 7) is 3.32. The Hall–Kier alpha value is -3.23. The van der Waals surface area contributed by atoms with E-state index in [9.17, 15) is 14.4 Å². The van der Waals surface area contributed by atoms with Crippen LogP contribution in [0.4, 0.5) is 4.79 Å². The molecule has 0 unspecified atom stereocenters. The van der Waals surface area contributed by atoms with Gasteiger partial charge in [0.25, 0.3) is 11.8 Å². The highest BCUT2D eigenvalue weighted by Gasteiger charge is 2.47. The molecule has 7 rings (SSSR count). The summed E-state index contributed by atoms with van der Waals surface area (Å²) in [5.74, 6) is -0.814. The summed E-state index contributed by atoms with van der Waals surface area (Å²) in [6, 6.07) is 14.7. The van der Waals surface area contributed by atoms with Crippen molar-refractivity contribution in [3.63, 3.8) is 0 Å². The van der Waals surface area contributed by atoms with Crippen LogP contribution >= 0.6 is 22.7 Å². The highest BCUT2D eigenvalue weighted by atomic mass is 32.1. The first kappa shape index (κ1) is 41.9. The fourth-order valence-electron chi connectivity index (χ4n) is 9.78. The lowest BCUT2D eigenvalue weighted by Crippen LogP contribution is -2.62. The van der Waals surface area contributed by atoms with Gasteiger partial charge in [0.15, 0.2) is 0 Å². The Kier molecular flexibility index (Phi) is 15.6. The van der Waals surface area contributed by atoms with Crippen LogP contribution in [0.25, 0.3) is 36.9 Å². The van der Waals surface area contributed by atoms with Crippen LogP contribution < -0.4 is 0 Å². The van der Waals surface area contributed by atoms with Crippen LogP contribution in [0.2, 0.25) is 0 Å². The molecule has 308 valence electrons. The first-order valence-corrected chi connectivity index (χ1v) is 24.7. The highest BCUT2D eigenvalue weighted by molar-refractivity contribution is 7.27. The van der Waals surface area contributed by atoms with E-state index in [0.717, 1.165) is 80.5 Å². The molecule has 3 aromatic heterocycles. The molecule has 1 aliphatic heterocycles. The molecule has 4 heterocycles. The van der Waals surface area contributed by atoms with Gasteiger partial charge >= 0.3 is 6.03 Å². The summed E-state index contributed by atoms with van der Waals surface area (Å²) < 4.78 is 3.86. The number of urea groups is 1. The van der Waals surface area contributed by atoms with Crippen molar-refractivity contribution in [1.82, 2.24) is 14.4 Å². The number of rotatable bonds is 21. The fraction of sp³-hybridized carbons (Fsp3) is 0.612. The average molecular weight is 810 g/mol. The number of imide groups is 2. The Labute approximate surface area is 350 Å². The number of hydrogen-bond donors (Lipinski definition) is 0. The lowest BCUT2D eigenvalue weighted by atomic mass is 9.91. The largest absolute Gasteiger partial charge is 0.340 e.